The van der Waals surface area contributed by atoms with Crippen LogP contribution in [-0.4, -0.2) is 60.8 Å². The zero-order chi connectivity index (χ0) is 23.0. The molecule has 1 saturated heterocycles. The summed E-state index contributed by atoms with van der Waals surface area (Å²) in [6.45, 7) is 8.92. The van der Waals surface area contributed by atoms with Gasteiger partial charge in [-0.3, -0.25) is 15.0 Å². The Morgan fingerprint density at radius 2 is 1.77 bits per heavy atom. The van der Waals surface area contributed by atoms with Crippen LogP contribution in [-0.2, 0) is 4.74 Å². The maximum absolute atomic E-state index is 14.1. The molecule has 174 valence electrons. The molecule has 2 fully saturated rings. The van der Waals surface area contributed by atoms with E-state index in [2.05, 4.69) is 10.2 Å². The molecular weight excluding hydrogens is 403 g/mol. The molecule has 9 heteroatoms. The minimum absolute atomic E-state index is 0.193. The number of carbonyl (C=O) groups excluding carboxylic acids is 1. The molecule has 2 aliphatic rings. The van der Waals surface area contributed by atoms with Crippen molar-refractivity contribution in [2.24, 2.45) is 0 Å². The molecule has 0 aromatic heterocycles. The summed E-state index contributed by atoms with van der Waals surface area (Å²) in [7, 11) is 1.54. The zero-order valence-corrected chi connectivity index (χ0v) is 19.0. The first-order valence-electron chi connectivity index (χ1n) is 10.9. The highest BCUT2D eigenvalue weighted by molar-refractivity contribution is 5.67. The van der Waals surface area contributed by atoms with Crippen LogP contribution in [0.2, 0.25) is 0 Å². The predicted molar refractivity (Wildman–Crippen MR) is 119 cm³/mol. The number of rotatable bonds is 3. The molecule has 1 amide bonds. The molecule has 1 heterocycles. The molecule has 8 nitrogen and oxygen atoms in total. The van der Waals surface area contributed by atoms with Gasteiger partial charge in [0.15, 0.2) is 5.82 Å². The van der Waals surface area contributed by atoms with Gasteiger partial charge in [0.2, 0.25) is 0 Å². The van der Waals surface area contributed by atoms with Crippen LogP contribution in [0, 0.1) is 15.9 Å². The molecule has 0 unspecified atom stereocenters. The van der Waals surface area contributed by atoms with Crippen LogP contribution >= 0.6 is 0 Å². The van der Waals surface area contributed by atoms with Crippen molar-refractivity contribution in [1.29, 1.82) is 0 Å². The Kier molecular flexibility index (Phi) is 9.03. The Balaban J connectivity index is 0.000000323. The van der Waals surface area contributed by atoms with Gasteiger partial charge in [-0.2, -0.15) is 0 Å². The number of piperazine rings is 1. The molecule has 1 aromatic carbocycles. The first-order valence-corrected chi connectivity index (χ1v) is 10.9. The van der Waals surface area contributed by atoms with Crippen LogP contribution in [0.4, 0.5) is 20.6 Å². The lowest BCUT2D eigenvalue weighted by molar-refractivity contribution is -0.385. The van der Waals surface area contributed by atoms with Crippen LogP contribution in [0.1, 0.15) is 52.9 Å². The number of halogens is 1. The van der Waals surface area contributed by atoms with Gasteiger partial charge in [0.05, 0.1) is 16.7 Å². The zero-order valence-electron chi connectivity index (χ0n) is 19.0. The van der Waals surface area contributed by atoms with Crippen molar-refractivity contribution in [3.05, 3.63) is 34.1 Å². The Morgan fingerprint density at radius 1 is 1.16 bits per heavy atom. The quantitative estimate of drug-likeness (QED) is 0.558. The number of alkyl carbamates (subject to hydrolysis) is 1. The van der Waals surface area contributed by atoms with E-state index in [9.17, 15) is 19.3 Å². The Labute approximate surface area is 183 Å². The smallest absolute Gasteiger partial charge is 0.407 e. The van der Waals surface area contributed by atoms with Crippen LogP contribution in [0.25, 0.3) is 0 Å². The molecule has 1 N–H and O–H groups in total. The number of nitro benzene ring substituents is 1. The number of nitro groups is 1. The fraction of sp³-hybridized carbons (Fsp3) is 0.682. The van der Waals surface area contributed by atoms with Gasteiger partial charge < -0.3 is 15.0 Å². The van der Waals surface area contributed by atoms with E-state index in [1.807, 2.05) is 25.7 Å². The van der Waals surface area contributed by atoms with Crippen molar-refractivity contribution in [1.82, 2.24) is 10.2 Å². The van der Waals surface area contributed by atoms with Gasteiger partial charge >= 0.3 is 6.09 Å². The number of anilines is 1. The molecule has 0 bridgehead atoms. The first kappa shape index (κ1) is 24.8. The van der Waals surface area contributed by atoms with Crippen molar-refractivity contribution in [3.63, 3.8) is 0 Å². The SMILES string of the molecule is CNC(=O)OC(C)(C)C.O=[N+]([O-])c1ccc(N2CCN(C3CCCCC3)CC2)c(F)c1. The Bertz CT molecular complexity index is 740. The third-order valence-corrected chi connectivity index (χ3v) is 5.49. The van der Waals surface area contributed by atoms with Gasteiger partial charge in [0.1, 0.15) is 5.60 Å². The monoisotopic (exact) mass is 438 g/mol. The van der Waals surface area contributed by atoms with Gasteiger partial charge in [0, 0.05) is 45.3 Å². The van der Waals surface area contributed by atoms with E-state index in [0.717, 1.165) is 32.2 Å². The average Bonchev–Trinajstić information content (AvgIpc) is 2.73. The van der Waals surface area contributed by atoms with E-state index in [4.69, 9.17) is 4.74 Å². The average molecular weight is 439 g/mol. The van der Waals surface area contributed by atoms with Gasteiger partial charge in [-0.1, -0.05) is 19.3 Å². The number of nitrogens with zero attached hydrogens (tertiary/aromatic N) is 3. The molecular formula is C22H35FN4O4. The summed E-state index contributed by atoms with van der Waals surface area (Å²) in [6.07, 6.45) is 6.17. The normalized spacial score (nSPS) is 18.0. The topological polar surface area (TPSA) is 87.9 Å². The lowest BCUT2D eigenvalue weighted by atomic mass is 9.94. The van der Waals surface area contributed by atoms with Crippen molar-refractivity contribution < 1.29 is 18.8 Å². The fourth-order valence-electron chi connectivity index (χ4n) is 3.97. The van der Waals surface area contributed by atoms with Crippen LogP contribution in [0.3, 0.4) is 0 Å². The van der Waals surface area contributed by atoms with E-state index in [1.165, 1.54) is 51.3 Å². The third-order valence-electron chi connectivity index (χ3n) is 5.49. The number of benzene rings is 1. The second kappa shape index (κ2) is 11.3. The number of hydrogen-bond donors (Lipinski definition) is 1. The standard InChI is InChI=1S/C16H22FN3O2.C6H13NO2/c17-15-12-14(20(21)22)6-7-16(15)19-10-8-18(9-11-19)13-4-2-1-3-5-13;1-6(2,3)9-5(8)7-4/h6-7,12-13H,1-5,8-11H2;1-4H3,(H,7,8). The summed E-state index contributed by atoms with van der Waals surface area (Å²) in [6, 6.07) is 4.62. The van der Waals surface area contributed by atoms with E-state index < -0.39 is 10.7 Å². The van der Waals surface area contributed by atoms with Gasteiger partial charge in [-0.25, -0.2) is 9.18 Å². The number of nitrogens with one attached hydrogen (secondary N) is 1. The minimum atomic E-state index is -0.562. The van der Waals surface area contributed by atoms with Crippen molar-refractivity contribution >= 4 is 17.5 Å². The number of hydrogen-bond acceptors (Lipinski definition) is 6. The van der Waals surface area contributed by atoms with Crippen molar-refractivity contribution in [2.45, 2.75) is 64.5 Å². The maximum Gasteiger partial charge on any atom is 0.407 e. The highest BCUT2D eigenvalue weighted by Gasteiger charge is 2.26. The number of carbonyl (C=O) groups is 1. The number of non-ortho nitro benzene ring substituents is 1. The molecule has 31 heavy (non-hydrogen) atoms. The maximum atomic E-state index is 14.1. The largest absolute Gasteiger partial charge is 0.444 e. The molecule has 1 saturated carbocycles. The highest BCUT2D eigenvalue weighted by Crippen LogP contribution is 2.27. The minimum Gasteiger partial charge on any atom is -0.444 e. The van der Waals surface area contributed by atoms with Gasteiger partial charge in [-0.05, 0) is 39.7 Å². The fourth-order valence-corrected chi connectivity index (χ4v) is 3.97. The van der Waals surface area contributed by atoms with Gasteiger partial charge in [0.25, 0.3) is 5.69 Å². The van der Waals surface area contributed by atoms with E-state index in [-0.39, 0.29) is 17.4 Å². The third kappa shape index (κ3) is 7.97. The number of amides is 1. The van der Waals surface area contributed by atoms with Crippen LogP contribution < -0.4 is 10.2 Å². The first-order chi connectivity index (χ1) is 14.6. The lowest BCUT2D eigenvalue weighted by Crippen LogP contribution is -2.51. The lowest BCUT2D eigenvalue weighted by Gasteiger charge is -2.41. The summed E-state index contributed by atoms with van der Waals surface area (Å²) >= 11 is 0. The Morgan fingerprint density at radius 3 is 2.23 bits per heavy atom. The van der Waals surface area contributed by atoms with Crippen LogP contribution in [0.5, 0.6) is 0 Å². The van der Waals surface area contributed by atoms with E-state index in [0.29, 0.717) is 11.7 Å². The van der Waals surface area contributed by atoms with Crippen LogP contribution in [0.15, 0.2) is 18.2 Å². The van der Waals surface area contributed by atoms with E-state index >= 15 is 0 Å². The van der Waals surface area contributed by atoms with Gasteiger partial charge in [-0.15, -0.1) is 0 Å². The summed E-state index contributed by atoms with van der Waals surface area (Å²) in [5, 5.41) is 13.0. The summed E-state index contributed by atoms with van der Waals surface area (Å²) < 4.78 is 18.9. The van der Waals surface area contributed by atoms with Crippen molar-refractivity contribution in [2.75, 3.05) is 38.1 Å². The summed E-state index contributed by atoms with van der Waals surface area (Å²) in [4.78, 5) is 25.1. The number of ether oxygens (including phenoxy) is 1. The second-order valence-electron chi connectivity index (χ2n) is 8.96. The summed E-state index contributed by atoms with van der Waals surface area (Å²) in [5.41, 5.74) is -0.101. The molecule has 1 aliphatic heterocycles. The van der Waals surface area contributed by atoms with Crippen molar-refractivity contribution in [3.8, 4) is 0 Å². The molecule has 1 aliphatic carbocycles. The molecule has 0 spiro atoms. The second-order valence-corrected chi connectivity index (χ2v) is 8.96. The highest BCUT2D eigenvalue weighted by atomic mass is 19.1. The van der Waals surface area contributed by atoms with E-state index in [1.54, 1.807) is 0 Å². The molecule has 1 aromatic rings. The molecule has 0 atom stereocenters. The summed E-state index contributed by atoms with van der Waals surface area (Å²) in [5.74, 6) is -0.500. The predicted octanol–water partition coefficient (Wildman–Crippen LogP) is 4.33. The molecule has 3 rings (SSSR count). The molecule has 0 radical (unpaired) electrons. The Hall–Kier alpha value is -2.42.